The Hall–Kier alpha value is 0.340. The maximum Gasteiger partial charge on any atom is 0.303 e. The molecule has 0 radical (unpaired) electrons. The summed E-state index contributed by atoms with van der Waals surface area (Å²) in [5, 5.41) is 8.24. The number of thiol groups is 1. The van der Waals surface area contributed by atoms with Gasteiger partial charge in [-0.2, -0.15) is 0 Å². The Balaban J connectivity index is 3.06. The summed E-state index contributed by atoms with van der Waals surface area (Å²) in [6.07, 6.45) is 2.77. The highest BCUT2D eigenvalue weighted by atomic mass is 32.9. The summed E-state index contributed by atoms with van der Waals surface area (Å²) in [5.74, 6) is -1.28. The van der Waals surface area contributed by atoms with Crippen LogP contribution in [0.1, 0.15) is 19.3 Å². The predicted octanol–water partition coefficient (Wildman–Crippen LogP) is 2.03. The van der Waals surface area contributed by atoms with Crippen molar-refractivity contribution in [3.8, 4) is 0 Å². The Morgan fingerprint density at radius 1 is 1.60 bits per heavy atom. The van der Waals surface area contributed by atoms with Crippen LogP contribution in [0.25, 0.3) is 0 Å². The molecule has 0 aliphatic heterocycles. The van der Waals surface area contributed by atoms with Crippen LogP contribution in [-0.4, -0.2) is 17.2 Å². The largest absolute Gasteiger partial charge is 0.481 e. The number of unbranched alkanes of at least 4 members (excludes halogenated alkanes) is 1. The lowest BCUT2D eigenvalue weighted by Crippen LogP contribution is -1.93. The van der Waals surface area contributed by atoms with Gasteiger partial charge in [0.25, 0.3) is 0 Å². The minimum Gasteiger partial charge on any atom is -0.481 e. The zero-order chi connectivity index (χ0) is 7.98. The molecule has 1 N–H and O–H groups in total. The summed E-state index contributed by atoms with van der Waals surface area (Å²) in [4.78, 5) is 10.0. The minimum absolute atomic E-state index is 0.256. The smallest absolute Gasteiger partial charge is 0.303 e. The standard InChI is InChI=1S/C5H9O2PS2/c6-5(7)3-1-2-4-8(9)10/h1-4H2,(H-,6,7,9,10)/p+1. The average molecular weight is 197 g/mol. The molecule has 0 amide bonds. The molecule has 0 aliphatic carbocycles. The van der Waals surface area contributed by atoms with Crippen molar-refractivity contribution < 1.29 is 9.90 Å². The molecule has 0 rings (SSSR count). The number of carboxylic acid groups (broad SMARTS) is 1. The molecule has 0 aromatic heterocycles. The second-order valence-electron chi connectivity index (χ2n) is 1.93. The third kappa shape index (κ3) is 8.34. The minimum atomic E-state index is -0.729. The SMILES string of the molecule is O=C(O)CCCC[P+](=S)S. The third-order valence-corrected chi connectivity index (χ3v) is 2.84. The van der Waals surface area contributed by atoms with E-state index in [2.05, 4.69) is 12.2 Å². The quantitative estimate of drug-likeness (QED) is 0.402. The van der Waals surface area contributed by atoms with Crippen LogP contribution in [0.2, 0.25) is 0 Å². The Morgan fingerprint density at radius 3 is 2.60 bits per heavy atom. The lowest BCUT2D eigenvalue weighted by Gasteiger charge is -1.88. The topological polar surface area (TPSA) is 37.3 Å². The average Bonchev–Trinajstić information content (AvgIpc) is 1.79. The maximum atomic E-state index is 10.0. The lowest BCUT2D eigenvalue weighted by atomic mass is 10.3. The van der Waals surface area contributed by atoms with Crippen LogP contribution in [0.15, 0.2) is 0 Å². The van der Waals surface area contributed by atoms with Crippen molar-refractivity contribution in [2.24, 2.45) is 0 Å². The van der Waals surface area contributed by atoms with Crippen molar-refractivity contribution in [1.29, 1.82) is 0 Å². The second-order valence-corrected chi connectivity index (χ2v) is 6.66. The summed E-state index contributed by atoms with van der Waals surface area (Å²) in [7, 11) is 0. The van der Waals surface area contributed by atoms with E-state index < -0.39 is 11.9 Å². The number of hydrogen-bond donors (Lipinski definition) is 2. The molecule has 0 heterocycles. The summed E-state index contributed by atoms with van der Waals surface area (Å²) in [5.41, 5.74) is 0. The van der Waals surface area contributed by atoms with E-state index in [1.54, 1.807) is 0 Å². The second kappa shape index (κ2) is 6.08. The molecule has 0 aromatic rings. The molecule has 0 bridgehead atoms. The highest BCUT2D eigenvalue weighted by Crippen LogP contribution is 2.27. The fourth-order valence-electron chi connectivity index (χ4n) is 0.523. The van der Waals surface area contributed by atoms with E-state index in [4.69, 9.17) is 16.9 Å². The molecule has 0 aromatic carbocycles. The fraction of sp³-hybridized carbons (Fsp3) is 0.800. The van der Waals surface area contributed by atoms with Crippen molar-refractivity contribution in [2.45, 2.75) is 19.3 Å². The molecular weight excluding hydrogens is 187 g/mol. The molecule has 0 spiro atoms. The van der Waals surface area contributed by atoms with E-state index >= 15 is 0 Å². The first-order valence-corrected chi connectivity index (χ1v) is 6.67. The molecule has 10 heavy (non-hydrogen) atoms. The van der Waals surface area contributed by atoms with Crippen molar-refractivity contribution in [2.75, 3.05) is 6.16 Å². The first-order chi connectivity index (χ1) is 4.63. The Morgan fingerprint density at radius 2 is 2.20 bits per heavy atom. The van der Waals surface area contributed by atoms with Crippen LogP contribution in [0.4, 0.5) is 0 Å². The fourth-order valence-corrected chi connectivity index (χ4v) is 1.83. The van der Waals surface area contributed by atoms with Crippen molar-refractivity contribution in [3.63, 3.8) is 0 Å². The van der Waals surface area contributed by atoms with E-state index in [0.29, 0.717) is 0 Å². The van der Waals surface area contributed by atoms with Gasteiger partial charge in [-0.05, 0) is 12.8 Å². The first kappa shape index (κ1) is 10.3. The van der Waals surface area contributed by atoms with E-state index in [1.165, 1.54) is 0 Å². The van der Waals surface area contributed by atoms with E-state index in [-0.39, 0.29) is 6.42 Å². The van der Waals surface area contributed by atoms with Crippen LogP contribution >= 0.6 is 18.1 Å². The van der Waals surface area contributed by atoms with Crippen molar-refractivity contribution in [3.05, 3.63) is 0 Å². The van der Waals surface area contributed by atoms with Crippen LogP contribution in [0.3, 0.4) is 0 Å². The van der Waals surface area contributed by atoms with E-state index in [9.17, 15) is 4.79 Å². The molecular formula is C5H10O2PS2+. The number of aliphatic carboxylic acids is 1. The van der Waals surface area contributed by atoms with Crippen LogP contribution in [-0.2, 0) is 16.6 Å². The molecule has 0 fully saturated rings. The molecule has 0 aliphatic rings. The summed E-state index contributed by atoms with van der Waals surface area (Å²) < 4.78 is 0. The zero-order valence-electron chi connectivity index (χ0n) is 5.49. The molecule has 1 unspecified atom stereocenters. The van der Waals surface area contributed by atoms with Gasteiger partial charge in [-0.25, -0.2) is 0 Å². The number of carbonyl (C=O) groups is 1. The van der Waals surface area contributed by atoms with Gasteiger partial charge in [0.05, 0.1) is 12.2 Å². The van der Waals surface area contributed by atoms with Gasteiger partial charge in [-0.1, -0.05) is 0 Å². The van der Waals surface area contributed by atoms with Gasteiger partial charge in [0.15, 0.2) is 11.8 Å². The Kier molecular flexibility index (Phi) is 6.28. The Labute approximate surface area is 71.6 Å². The van der Waals surface area contributed by atoms with Crippen molar-refractivity contribution in [1.82, 2.24) is 0 Å². The molecule has 58 valence electrons. The summed E-state index contributed by atoms with van der Waals surface area (Å²) in [6.45, 7) is 0. The number of rotatable bonds is 5. The Bertz CT molecular complexity index is 122. The van der Waals surface area contributed by atoms with E-state index in [1.807, 2.05) is 0 Å². The van der Waals surface area contributed by atoms with Gasteiger partial charge in [-0.3, -0.25) is 4.79 Å². The normalized spacial score (nSPS) is 11.1. The molecule has 5 heteroatoms. The molecule has 1 atom stereocenters. The van der Waals surface area contributed by atoms with Crippen LogP contribution < -0.4 is 0 Å². The highest BCUT2D eigenvalue weighted by molar-refractivity contribution is 8.56. The molecule has 2 nitrogen and oxygen atoms in total. The van der Waals surface area contributed by atoms with E-state index in [0.717, 1.165) is 19.0 Å². The maximum absolute atomic E-state index is 10.0. The van der Waals surface area contributed by atoms with Gasteiger partial charge in [0.1, 0.15) is 6.16 Å². The zero-order valence-corrected chi connectivity index (χ0v) is 8.09. The van der Waals surface area contributed by atoms with Crippen LogP contribution in [0, 0.1) is 0 Å². The lowest BCUT2D eigenvalue weighted by molar-refractivity contribution is -0.137. The summed E-state index contributed by atoms with van der Waals surface area (Å²) in [6, 6.07) is 0. The monoisotopic (exact) mass is 197 g/mol. The molecule has 0 saturated heterocycles. The summed E-state index contributed by atoms with van der Waals surface area (Å²) >= 11 is 8.89. The van der Waals surface area contributed by atoms with Gasteiger partial charge < -0.3 is 5.11 Å². The van der Waals surface area contributed by atoms with Gasteiger partial charge in [0, 0.05) is 6.42 Å². The van der Waals surface area contributed by atoms with Crippen molar-refractivity contribution >= 4 is 35.9 Å². The predicted molar refractivity (Wildman–Crippen MR) is 49.6 cm³/mol. The van der Waals surface area contributed by atoms with Gasteiger partial charge in [-0.15, -0.1) is 0 Å². The molecule has 0 saturated carbocycles. The number of carboxylic acids is 1. The first-order valence-electron chi connectivity index (χ1n) is 2.98. The van der Waals surface area contributed by atoms with Gasteiger partial charge >= 0.3 is 5.97 Å². The van der Waals surface area contributed by atoms with Crippen LogP contribution in [0.5, 0.6) is 0 Å². The number of hydrogen-bond acceptors (Lipinski definition) is 2. The van der Waals surface area contributed by atoms with Gasteiger partial charge in [0.2, 0.25) is 5.90 Å². The highest BCUT2D eigenvalue weighted by Gasteiger charge is 2.03. The third-order valence-electron chi connectivity index (χ3n) is 0.990.